The van der Waals surface area contributed by atoms with Crippen molar-refractivity contribution in [3.63, 3.8) is 0 Å². The zero-order chi connectivity index (χ0) is 10.9. The van der Waals surface area contributed by atoms with Gasteiger partial charge in [0, 0.05) is 5.54 Å². The van der Waals surface area contributed by atoms with Crippen LogP contribution in [0.3, 0.4) is 0 Å². The van der Waals surface area contributed by atoms with E-state index in [1.165, 1.54) is 0 Å². The fourth-order valence-corrected chi connectivity index (χ4v) is 1.42. The number of rotatable bonds is 3. The summed E-state index contributed by atoms with van der Waals surface area (Å²) in [5, 5.41) is 3.38. The molecule has 2 heteroatoms. The highest BCUT2D eigenvalue weighted by Crippen LogP contribution is 2.21. The van der Waals surface area contributed by atoms with Crippen LogP contribution < -0.4 is 5.32 Å². The largest absolute Gasteiger partial charge is 0.300 e. The van der Waals surface area contributed by atoms with Gasteiger partial charge in [-0.15, -0.1) is 0 Å². The van der Waals surface area contributed by atoms with Crippen LogP contribution in [0.4, 0.5) is 0 Å². The fraction of sp³-hybridized carbons (Fsp3) is 0.909. The zero-order valence-corrected chi connectivity index (χ0v) is 9.99. The van der Waals surface area contributed by atoms with Gasteiger partial charge in [-0.05, 0) is 40.5 Å². The third-order valence-corrected chi connectivity index (χ3v) is 2.52. The minimum atomic E-state index is -0.405. The minimum absolute atomic E-state index is 0.0231. The van der Waals surface area contributed by atoms with E-state index in [-0.39, 0.29) is 11.3 Å². The Morgan fingerprint density at radius 3 is 1.62 bits per heavy atom. The molecule has 1 atom stereocenters. The predicted octanol–water partition coefficient (Wildman–Crippen LogP) is 2.38. The third-order valence-electron chi connectivity index (χ3n) is 2.52. The first-order valence-corrected chi connectivity index (χ1v) is 4.90. The molecule has 2 nitrogen and oxygen atoms in total. The van der Waals surface area contributed by atoms with Gasteiger partial charge in [-0.2, -0.15) is 0 Å². The first-order valence-electron chi connectivity index (χ1n) is 4.90. The third kappa shape index (κ3) is 3.47. The van der Waals surface area contributed by atoms with Crippen molar-refractivity contribution >= 4 is 5.78 Å². The van der Waals surface area contributed by atoms with E-state index in [0.717, 1.165) is 0 Å². The van der Waals surface area contributed by atoms with Gasteiger partial charge in [0.05, 0.1) is 5.54 Å². The summed E-state index contributed by atoms with van der Waals surface area (Å²) in [6, 6.07) is 0. The minimum Gasteiger partial charge on any atom is -0.300 e. The first-order chi connectivity index (χ1) is 5.59. The highest BCUT2D eigenvalue weighted by Gasteiger charge is 2.36. The number of ketones is 1. The smallest absolute Gasteiger partial charge is 0.149 e. The van der Waals surface area contributed by atoms with Gasteiger partial charge < -0.3 is 5.32 Å². The Hall–Kier alpha value is -0.370. The lowest BCUT2D eigenvalue weighted by molar-refractivity contribution is -0.125. The summed E-state index contributed by atoms with van der Waals surface area (Å²) >= 11 is 0. The normalized spacial score (nSPS) is 17.2. The second-order valence-electron chi connectivity index (χ2n) is 5.29. The highest BCUT2D eigenvalue weighted by atomic mass is 16.1. The van der Waals surface area contributed by atoms with E-state index in [9.17, 15) is 4.79 Å². The van der Waals surface area contributed by atoms with E-state index in [4.69, 9.17) is 0 Å². The molecule has 0 amide bonds. The molecule has 0 aliphatic rings. The molecule has 0 saturated carbocycles. The van der Waals surface area contributed by atoms with E-state index in [0.29, 0.717) is 5.92 Å². The molecule has 1 N–H and O–H groups in total. The maximum Gasteiger partial charge on any atom is 0.149 e. The molecule has 0 fully saturated rings. The molecule has 0 aromatic carbocycles. The van der Waals surface area contributed by atoms with Crippen LogP contribution in [0.5, 0.6) is 0 Å². The predicted molar refractivity (Wildman–Crippen MR) is 56.8 cm³/mol. The molecule has 0 rings (SSSR count). The van der Waals surface area contributed by atoms with Crippen molar-refractivity contribution in [1.29, 1.82) is 0 Å². The molecule has 0 aromatic heterocycles. The van der Waals surface area contributed by atoms with Crippen molar-refractivity contribution < 1.29 is 4.79 Å². The lowest BCUT2D eigenvalue weighted by atomic mass is 9.83. The molecular formula is C11H23NO. The van der Waals surface area contributed by atoms with Gasteiger partial charge in [-0.3, -0.25) is 4.79 Å². The summed E-state index contributed by atoms with van der Waals surface area (Å²) in [6.07, 6.45) is 0. The molecule has 13 heavy (non-hydrogen) atoms. The standard InChI is InChI=1S/C11H23NO/c1-8(2)11(7,9(3)13)12-10(4,5)6/h8,12H,1-7H3. The Morgan fingerprint density at radius 1 is 1.15 bits per heavy atom. The lowest BCUT2D eigenvalue weighted by Crippen LogP contribution is -2.59. The van der Waals surface area contributed by atoms with Crippen LogP contribution in [0.25, 0.3) is 0 Å². The van der Waals surface area contributed by atoms with Gasteiger partial charge in [0.25, 0.3) is 0 Å². The van der Waals surface area contributed by atoms with E-state index in [2.05, 4.69) is 39.9 Å². The number of Topliss-reactive ketones (excluding diaryl/α,β-unsaturated/α-hetero) is 1. The van der Waals surface area contributed by atoms with Crippen molar-refractivity contribution in [2.24, 2.45) is 5.92 Å². The van der Waals surface area contributed by atoms with Crippen LogP contribution in [0, 0.1) is 5.92 Å². The van der Waals surface area contributed by atoms with Crippen LogP contribution in [-0.2, 0) is 4.79 Å². The van der Waals surface area contributed by atoms with Crippen molar-refractivity contribution in [2.45, 2.75) is 59.5 Å². The van der Waals surface area contributed by atoms with Crippen LogP contribution in [0.15, 0.2) is 0 Å². The fourth-order valence-electron chi connectivity index (χ4n) is 1.42. The van der Waals surface area contributed by atoms with E-state index in [1.807, 2.05) is 6.92 Å². The number of hydrogen-bond acceptors (Lipinski definition) is 2. The number of carbonyl (C=O) groups excluding carboxylic acids is 1. The van der Waals surface area contributed by atoms with Crippen molar-refractivity contribution in [1.82, 2.24) is 5.32 Å². The summed E-state index contributed by atoms with van der Waals surface area (Å²) < 4.78 is 0. The lowest BCUT2D eigenvalue weighted by Gasteiger charge is -2.39. The Labute approximate surface area is 82.1 Å². The van der Waals surface area contributed by atoms with Gasteiger partial charge in [0.2, 0.25) is 0 Å². The topological polar surface area (TPSA) is 29.1 Å². The Kier molecular flexibility index (Phi) is 3.68. The van der Waals surface area contributed by atoms with Gasteiger partial charge in [0.15, 0.2) is 0 Å². The molecule has 0 aliphatic heterocycles. The van der Waals surface area contributed by atoms with Crippen molar-refractivity contribution in [3.05, 3.63) is 0 Å². The summed E-state index contributed by atoms with van der Waals surface area (Å²) in [5.74, 6) is 0.515. The highest BCUT2D eigenvalue weighted by molar-refractivity contribution is 5.86. The SMILES string of the molecule is CC(=O)C(C)(NC(C)(C)C)C(C)C. The average molecular weight is 185 g/mol. The van der Waals surface area contributed by atoms with Crippen LogP contribution >= 0.6 is 0 Å². The second kappa shape index (κ2) is 3.79. The first kappa shape index (κ1) is 12.6. The molecule has 0 saturated heterocycles. The van der Waals surface area contributed by atoms with E-state index >= 15 is 0 Å². The van der Waals surface area contributed by atoms with Gasteiger partial charge in [0.1, 0.15) is 5.78 Å². The molecule has 0 radical (unpaired) electrons. The van der Waals surface area contributed by atoms with E-state index < -0.39 is 5.54 Å². The number of nitrogens with one attached hydrogen (secondary N) is 1. The summed E-state index contributed by atoms with van der Waals surface area (Å²) in [4.78, 5) is 11.5. The molecular weight excluding hydrogens is 162 g/mol. The molecule has 78 valence electrons. The molecule has 0 aliphatic carbocycles. The zero-order valence-electron chi connectivity index (χ0n) is 9.99. The van der Waals surface area contributed by atoms with Crippen LogP contribution in [0.1, 0.15) is 48.5 Å². The molecule has 0 heterocycles. The monoisotopic (exact) mass is 185 g/mol. The Balaban J connectivity index is 4.73. The maximum absolute atomic E-state index is 11.5. The molecule has 0 spiro atoms. The van der Waals surface area contributed by atoms with Crippen molar-refractivity contribution in [2.75, 3.05) is 0 Å². The number of hydrogen-bond donors (Lipinski definition) is 1. The summed E-state index contributed by atoms with van der Waals surface area (Å²) in [7, 11) is 0. The quantitative estimate of drug-likeness (QED) is 0.731. The number of carbonyl (C=O) groups is 1. The van der Waals surface area contributed by atoms with Crippen LogP contribution in [0.2, 0.25) is 0 Å². The summed E-state index contributed by atoms with van der Waals surface area (Å²) in [6.45, 7) is 14.0. The van der Waals surface area contributed by atoms with Gasteiger partial charge >= 0.3 is 0 Å². The Morgan fingerprint density at radius 2 is 1.54 bits per heavy atom. The van der Waals surface area contributed by atoms with Gasteiger partial charge in [-0.25, -0.2) is 0 Å². The molecule has 0 aromatic rings. The molecule has 1 unspecified atom stereocenters. The average Bonchev–Trinajstić information content (AvgIpc) is 1.82. The second-order valence-corrected chi connectivity index (χ2v) is 5.29. The van der Waals surface area contributed by atoms with E-state index in [1.54, 1.807) is 6.92 Å². The Bertz CT molecular complexity index is 191. The van der Waals surface area contributed by atoms with Gasteiger partial charge in [-0.1, -0.05) is 13.8 Å². The summed E-state index contributed by atoms with van der Waals surface area (Å²) in [5.41, 5.74) is -0.428. The van der Waals surface area contributed by atoms with Crippen molar-refractivity contribution in [3.8, 4) is 0 Å². The van der Waals surface area contributed by atoms with Crippen LogP contribution in [-0.4, -0.2) is 16.9 Å². The maximum atomic E-state index is 11.5. The molecule has 0 bridgehead atoms.